The smallest absolute Gasteiger partial charge is 0.249 e. The van der Waals surface area contributed by atoms with E-state index in [2.05, 4.69) is 5.32 Å². The van der Waals surface area contributed by atoms with Gasteiger partial charge in [0.1, 0.15) is 6.10 Å². The van der Waals surface area contributed by atoms with Crippen molar-refractivity contribution in [1.82, 2.24) is 5.32 Å². The van der Waals surface area contributed by atoms with E-state index in [4.69, 9.17) is 27.9 Å². The number of sulfonamides is 1. The largest absolute Gasteiger partial charge is 0.368 e. The summed E-state index contributed by atoms with van der Waals surface area (Å²) in [5.41, 5.74) is 0.285. The maximum atomic E-state index is 12.0. The fraction of sp³-hybridized carbons (Fsp3) is 0.500. The highest BCUT2D eigenvalue weighted by molar-refractivity contribution is 7.92. The molecule has 1 N–H and O–H groups in total. The highest BCUT2D eigenvalue weighted by Gasteiger charge is 2.24. The molecular weight excluding hydrogens is 363 g/mol. The average Bonchev–Trinajstić information content (AvgIpc) is 2.99. The van der Waals surface area contributed by atoms with Gasteiger partial charge in [0.05, 0.1) is 23.5 Å². The molecule has 1 aromatic carbocycles. The molecule has 128 valence electrons. The molecule has 0 bridgehead atoms. The minimum Gasteiger partial charge on any atom is -0.368 e. The van der Waals surface area contributed by atoms with E-state index in [9.17, 15) is 13.2 Å². The Labute approximate surface area is 145 Å². The Balaban J connectivity index is 2.05. The number of anilines is 1. The predicted octanol–water partition coefficient (Wildman–Crippen LogP) is 2.05. The maximum Gasteiger partial charge on any atom is 0.249 e. The average molecular weight is 381 g/mol. The number of benzene rings is 1. The molecule has 1 amide bonds. The van der Waals surface area contributed by atoms with Gasteiger partial charge in [-0.15, -0.1) is 0 Å². The summed E-state index contributed by atoms with van der Waals surface area (Å²) in [6, 6.07) is 4.59. The molecule has 1 aromatic rings. The molecule has 0 spiro atoms. The molecule has 2 rings (SSSR count). The Morgan fingerprint density at radius 1 is 1.43 bits per heavy atom. The number of hydrogen-bond acceptors (Lipinski definition) is 4. The topological polar surface area (TPSA) is 75.7 Å². The fourth-order valence-electron chi connectivity index (χ4n) is 2.32. The van der Waals surface area contributed by atoms with Crippen molar-refractivity contribution < 1.29 is 17.9 Å². The third-order valence-corrected chi connectivity index (χ3v) is 5.15. The van der Waals surface area contributed by atoms with Crippen LogP contribution >= 0.6 is 23.2 Å². The summed E-state index contributed by atoms with van der Waals surface area (Å²) in [4.78, 5) is 11.9. The monoisotopic (exact) mass is 380 g/mol. The van der Waals surface area contributed by atoms with Crippen LogP contribution in [0, 0.1) is 0 Å². The summed E-state index contributed by atoms with van der Waals surface area (Å²) in [6.45, 7) is 0.775. The zero-order chi connectivity index (χ0) is 17.0. The van der Waals surface area contributed by atoms with Crippen LogP contribution in [0.15, 0.2) is 18.2 Å². The quantitative estimate of drug-likeness (QED) is 0.819. The van der Waals surface area contributed by atoms with Gasteiger partial charge in [0, 0.05) is 18.2 Å². The van der Waals surface area contributed by atoms with Gasteiger partial charge in [-0.3, -0.25) is 9.10 Å². The van der Waals surface area contributed by atoms with Crippen LogP contribution in [-0.4, -0.2) is 46.4 Å². The minimum absolute atomic E-state index is 0.0529. The lowest BCUT2D eigenvalue weighted by Gasteiger charge is -2.24. The number of amides is 1. The molecule has 1 atom stereocenters. The van der Waals surface area contributed by atoms with Crippen molar-refractivity contribution >= 4 is 44.8 Å². The lowest BCUT2D eigenvalue weighted by Crippen LogP contribution is -2.41. The van der Waals surface area contributed by atoms with E-state index in [1.54, 1.807) is 6.07 Å². The third-order valence-electron chi connectivity index (χ3n) is 3.41. The predicted molar refractivity (Wildman–Crippen MR) is 90.6 cm³/mol. The van der Waals surface area contributed by atoms with Crippen LogP contribution in [0.2, 0.25) is 10.0 Å². The van der Waals surface area contributed by atoms with Gasteiger partial charge in [0.25, 0.3) is 0 Å². The Kier molecular flexibility index (Phi) is 6.13. The molecule has 0 aromatic heterocycles. The molecular formula is C14H18Cl2N2O4S. The van der Waals surface area contributed by atoms with Gasteiger partial charge < -0.3 is 10.1 Å². The molecule has 9 heteroatoms. The van der Waals surface area contributed by atoms with Crippen LogP contribution in [0.3, 0.4) is 0 Å². The molecule has 6 nitrogen and oxygen atoms in total. The van der Waals surface area contributed by atoms with E-state index in [0.29, 0.717) is 18.1 Å². The SMILES string of the molecule is CS(=O)(=O)N(CCNC(=O)C1CCCO1)c1cc(Cl)ccc1Cl. The lowest BCUT2D eigenvalue weighted by atomic mass is 10.2. The van der Waals surface area contributed by atoms with Gasteiger partial charge >= 0.3 is 0 Å². The lowest BCUT2D eigenvalue weighted by molar-refractivity contribution is -0.129. The molecule has 1 heterocycles. The second kappa shape index (κ2) is 7.70. The van der Waals surface area contributed by atoms with Crippen molar-refractivity contribution in [3.8, 4) is 0 Å². The number of carbonyl (C=O) groups excluding carboxylic acids is 1. The first-order valence-electron chi connectivity index (χ1n) is 7.11. The molecule has 0 aliphatic carbocycles. The summed E-state index contributed by atoms with van der Waals surface area (Å²) in [7, 11) is -3.57. The number of hydrogen-bond donors (Lipinski definition) is 1. The van der Waals surface area contributed by atoms with Crippen molar-refractivity contribution in [2.75, 3.05) is 30.3 Å². The van der Waals surface area contributed by atoms with Crippen LogP contribution in [-0.2, 0) is 19.6 Å². The number of halogens is 2. The second-order valence-electron chi connectivity index (χ2n) is 5.22. The molecule has 0 saturated carbocycles. The summed E-state index contributed by atoms with van der Waals surface area (Å²) in [5.74, 6) is -0.229. The van der Waals surface area contributed by atoms with E-state index >= 15 is 0 Å². The third kappa shape index (κ3) is 4.97. The number of nitrogens with one attached hydrogen (secondary N) is 1. The van der Waals surface area contributed by atoms with E-state index in [1.165, 1.54) is 12.1 Å². The highest BCUT2D eigenvalue weighted by Crippen LogP contribution is 2.30. The first kappa shape index (κ1) is 18.3. The molecule has 1 fully saturated rings. The second-order valence-corrected chi connectivity index (χ2v) is 7.97. The number of rotatable bonds is 6. The maximum absolute atomic E-state index is 12.0. The van der Waals surface area contributed by atoms with Gasteiger partial charge in [-0.05, 0) is 31.0 Å². The van der Waals surface area contributed by atoms with E-state index in [1.807, 2.05) is 0 Å². The number of nitrogens with zero attached hydrogens (tertiary/aromatic N) is 1. The van der Waals surface area contributed by atoms with Crippen LogP contribution in [0.25, 0.3) is 0 Å². The zero-order valence-electron chi connectivity index (χ0n) is 12.6. The zero-order valence-corrected chi connectivity index (χ0v) is 14.9. The highest BCUT2D eigenvalue weighted by atomic mass is 35.5. The Hall–Kier alpha value is -1.02. The van der Waals surface area contributed by atoms with Gasteiger partial charge in [-0.25, -0.2) is 8.42 Å². The van der Waals surface area contributed by atoms with Crippen LogP contribution < -0.4 is 9.62 Å². The van der Waals surface area contributed by atoms with Gasteiger partial charge in [0.15, 0.2) is 0 Å². The first-order valence-corrected chi connectivity index (χ1v) is 9.71. The summed E-state index contributed by atoms with van der Waals surface area (Å²) >= 11 is 12.0. The number of carbonyl (C=O) groups is 1. The molecule has 1 aliphatic rings. The van der Waals surface area contributed by atoms with Crippen LogP contribution in [0.1, 0.15) is 12.8 Å². The van der Waals surface area contributed by atoms with Gasteiger partial charge in [-0.1, -0.05) is 23.2 Å². The Morgan fingerprint density at radius 2 is 2.17 bits per heavy atom. The first-order chi connectivity index (χ1) is 10.8. The van der Waals surface area contributed by atoms with Crippen molar-refractivity contribution in [1.29, 1.82) is 0 Å². The van der Waals surface area contributed by atoms with Crippen molar-refractivity contribution in [2.24, 2.45) is 0 Å². The van der Waals surface area contributed by atoms with E-state index in [0.717, 1.165) is 17.0 Å². The molecule has 1 saturated heterocycles. The fourth-order valence-corrected chi connectivity index (χ4v) is 3.69. The summed E-state index contributed by atoms with van der Waals surface area (Å²) in [5, 5.41) is 3.33. The van der Waals surface area contributed by atoms with Gasteiger partial charge in [0.2, 0.25) is 15.9 Å². The van der Waals surface area contributed by atoms with Gasteiger partial charge in [-0.2, -0.15) is 0 Å². The van der Waals surface area contributed by atoms with E-state index < -0.39 is 16.1 Å². The normalized spacial score (nSPS) is 18.0. The molecule has 1 aliphatic heterocycles. The number of ether oxygens (including phenoxy) is 1. The standard InChI is InChI=1S/C14H18Cl2N2O4S/c1-23(20,21)18(12-9-10(15)4-5-11(12)16)7-6-17-14(19)13-3-2-8-22-13/h4-5,9,13H,2-3,6-8H2,1H3,(H,17,19). The Morgan fingerprint density at radius 3 is 2.78 bits per heavy atom. The molecule has 1 unspecified atom stereocenters. The summed E-state index contributed by atoms with van der Waals surface area (Å²) in [6.07, 6.45) is 2.16. The van der Waals surface area contributed by atoms with Crippen molar-refractivity contribution in [2.45, 2.75) is 18.9 Å². The Bertz CT molecular complexity index is 675. The van der Waals surface area contributed by atoms with Crippen molar-refractivity contribution in [3.05, 3.63) is 28.2 Å². The summed E-state index contributed by atoms with van der Waals surface area (Å²) < 4.78 is 30.4. The van der Waals surface area contributed by atoms with Crippen LogP contribution in [0.4, 0.5) is 5.69 Å². The molecule has 0 radical (unpaired) electrons. The van der Waals surface area contributed by atoms with Crippen molar-refractivity contribution in [3.63, 3.8) is 0 Å². The van der Waals surface area contributed by atoms with E-state index in [-0.39, 0.29) is 29.7 Å². The molecule has 23 heavy (non-hydrogen) atoms. The van der Waals surface area contributed by atoms with Crippen LogP contribution in [0.5, 0.6) is 0 Å². The minimum atomic E-state index is -3.57.